The van der Waals surface area contributed by atoms with E-state index in [1.165, 1.54) is 19.3 Å². The zero-order valence-electron chi connectivity index (χ0n) is 12.2. The normalized spacial score (nSPS) is 17.1. The summed E-state index contributed by atoms with van der Waals surface area (Å²) in [6, 6.07) is 5.36. The number of benzene rings is 1. The number of anilines is 2. The number of ether oxygens (including phenoxy) is 1. The predicted octanol–water partition coefficient (Wildman–Crippen LogP) is 3.58. The molecule has 20 heavy (non-hydrogen) atoms. The van der Waals surface area contributed by atoms with Crippen LogP contribution in [0.15, 0.2) is 18.2 Å². The average molecular weight is 276 g/mol. The van der Waals surface area contributed by atoms with Gasteiger partial charge >= 0.3 is 0 Å². The Balaban J connectivity index is 1.97. The maximum Gasteiger partial charge on any atom is 0.227 e. The van der Waals surface area contributed by atoms with Crippen molar-refractivity contribution in [1.29, 1.82) is 0 Å². The van der Waals surface area contributed by atoms with Crippen LogP contribution in [0.5, 0.6) is 5.75 Å². The second kappa shape index (κ2) is 7.17. The molecule has 0 saturated heterocycles. The fourth-order valence-electron chi connectivity index (χ4n) is 2.77. The van der Waals surface area contributed by atoms with Crippen LogP contribution in [0.25, 0.3) is 0 Å². The quantitative estimate of drug-likeness (QED) is 0.829. The molecule has 1 aliphatic carbocycles. The minimum Gasteiger partial charge on any atom is -0.495 e. The smallest absolute Gasteiger partial charge is 0.227 e. The van der Waals surface area contributed by atoms with E-state index in [0.29, 0.717) is 11.4 Å². The molecule has 2 rings (SSSR count). The Hall–Kier alpha value is -1.71. The van der Waals surface area contributed by atoms with Crippen molar-refractivity contribution in [3.8, 4) is 5.75 Å². The van der Waals surface area contributed by atoms with Gasteiger partial charge in [0.25, 0.3) is 0 Å². The third kappa shape index (κ3) is 3.89. The molecule has 4 nitrogen and oxygen atoms in total. The molecular weight excluding hydrogens is 252 g/mol. The summed E-state index contributed by atoms with van der Waals surface area (Å²) in [5, 5.41) is 2.98. The molecule has 0 spiro atoms. The van der Waals surface area contributed by atoms with Gasteiger partial charge in [-0.1, -0.05) is 32.1 Å². The second-order valence-corrected chi connectivity index (χ2v) is 5.49. The molecule has 0 aliphatic heterocycles. The van der Waals surface area contributed by atoms with Gasteiger partial charge in [-0.25, -0.2) is 0 Å². The first-order chi connectivity index (χ1) is 9.70. The number of carbonyl (C=O) groups excluding carboxylic acids is 1. The minimum atomic E-state index is 0.122. The standard InChI is InChI=1S/C16H24N2O2/c1-20-15-10-9-13(11-14(15)17)18-16(19)12-7-5-3-2-4-6-8-12/h9-12H,2-8,17H2,1H3,(H,18,19). The van der Waals surface area contributed by atoms with Crippen LogP contribution in [0, 0.1) is 5.92 Å². The first kappa shape index (κ1) is 14.7. The molecule has 3 N–H and O–H groups in total. The van der Waals surface area contributed by atoms with Crippen LogP contribution in [-0.4, -0.2) is 13.0 Å². The van der Waals surface area contributed by atoms with Crippen LogP contribution in [-0.2, 0) is 4.79 Å². The van der Waals surface area contributed by atoms with Crippen LogP contribution < -0.4 is 15.8 Å². The molecular formula is C16H24N2O2. The predicted molar refractivity (Wildman–Crippen MR) is 81.8 cm³/mol. The molecule has 0 heterocycles. The zero-order valence-corrected chi connectivity index (χ0v) is 12.2. The Labute approximate surface area is 120 Å². The molecule has 1 fully saturated rings. The van der Waals surface area contributed by atoms with Crippen molar-refractivity contribution in [2.45, 2.75) is 44.9 Å². The number of nitrogen functional groups attached to an aromatic ring is 1. The van der Waals surface area contributed by atoms with E-state index in [2.05, 4.69) is 5.32 Å². The summed E-state index contributed by atoms with van der Waals surface area (Å²) in [6.07, 6.45) is 8.11. The van der Waals surface area contributed by atoms with E-state index in [9.17, 15) is 4.79 Å². The Kier molecular flexibility index (Phi) is 5.27. The van der Waals surface area contributed by atoms with Crippen LogP contribution in [0.1, 0.15) is 44.9 Å². The Morgan fingerprint density at radius 2 is 1.85 bits per heavy atom. The van der Waals surface area contributed by atoms with Crippen molar-refractivity contribution >= 4 is 17.3 Å². The number of hydrogen-bond acceptors (Lipinski definition) is 3. The number of amides is 1. The largest absolute Gasteiger partial charge is 0.495 e. The van der Waals surface area contributed by atoms with E-state index in [1.54, 1.807) is 19.2 Å². The summed E-state index contributed by atoms with van der Waals surface area (Å²) >= 11 is 0. The van der Waals surface area contributed by atoms with Crippen LogP contribution >= 0.6 is 0 Å². The highest BCUT2D eigenvalue weighted by molar-refractivity contribution is 5.93. The lowest BCUT2D eigenvalue weighted by Gasteiger charge is -2.19. The highest BCUT2D eigenvalue weighted by Crippen LogP contribution is 2.27. The van der Waals surface area contributed by atoms with Crippen molar-refractivity contribution < 1.29 is 9.53 Å². The fourth-order valence-corrected chi connectivity index (χ4v) is 2.77. The molecule has 1 amide bonds. The molecule has 110 valence electrons. The summed E-state index contributed by atoms with van der Waals surface area (Å²) in [4.78, 5) is 12.3. The monoisotopic (exact) mass is 276 g/mol. The lowest BCUT2D eigenvalue weighted by Crippen LogP contribution is -2.23. The Morgan fingerprint density at radius 3 is 2.45 bits per heavy atom. The van der Waals surface area contributed by atoms with Gasteiger partial charge in [0.2, 0.25) is 5.91 Å². The third-order valence-electron chi connectivity index (χ3n) is 3.97. The number of methoxy groups -OCH3 is 1. The number of rotatable bonds is 3. The van der Waals surface area contributed by atoms with E-state index < -0.39 is 0 Å². The van der Waals surface area contributed by atoms with Gasteiger partial charge in [0.05, 0.1) is 12.8 Å². The average Bonchev–Trinajstić information content (AvgIpc) is 2.38. The lowest BCUT2D eigenvalue weighted by molar-refractivity contribution is -0.120. The van der Waals surface area contributed by atoms with E-state index in [0.717, 1.165) is 31.4 Å². The van der Waals surface area contributed by atoms with Gasteiger partial charge < -0.3 is 15.8 Å². The van der Waals surface area contributed by atoms with Gasteiger partial charge in [0.15, 0.2) is 0 Å². The zero-order chi connectivity index (χ0) is 14.4. The molecule has 1 aromatic carbocycles. The summed E-state index contributed by atoms with van der Waals surface area (Å²) < 4.78 is 5.11. The number of hydrogen-bond donors (Lipinski definition) is 2. The first-order valence-corrected chi connectivity index (χ1v) is 7.45. The van der Waals surface area contributed by atoms with E-state index in [-0.39, 0.29) is 11.8 Å². The van der Waals surface area contributed by atoms with Crippen LogP contribution in [0.3, 0.4) is 0 Å². The lowest BCUT2D eigenvalue weighted by atomic mass is 9.90. The summed E-state index contributed by atoms with van der Waals surface area (Å²) in [5.74, 6) is 0.893. The molecule has 0 unspecified atom stereocenters. The van der Waals surface area contributed by atoms with Crippen LogP contribution in [0.2, 0.25) is 0 Å². The van der Waals surface area contributed by atoms with Gasteiger partial charge in [-0.2, -0.15) is 0 Å². The van der Waals surface area contributed by atoms with E-state index in [4.69, 9.17) is 10.5 Å². The van der Waals surface area contributed by atoms with Crippen LogP contribution in [0.4, 0.5) is 11.4 Å². The molecule has 4 heteroatoms. The number of carbonyl (C=O) groups is 1. The van der Waals surface area contributed by atoms with Gasteiger partial charge in [-0.3, -0.25) is 4.79 Å². The topological polar surface area (TPSA) is 64.3 Å². The van der Waals surface area contributed by atoms with Crippen molar-refractivity contribution in [2.24, 2.45) is 5.92 Å². The van der Waals surface area contributed by atoms with Gasteiger partial charge in [0.1, 0.15) is 5.75 Å². The molecule has 1 aromatic rings. The van der Waals surface area contributed by atoms with Gasteiger partial charge in [-0.15, -0.1) is 0 Å². The molecule has 1 aliphatic rings. The van der Waals surface area contributed by atoms with Gasteiger partial charge in [-0.05, 0) is 31.0 Å². The third-order valence-corrected chi connectivity index (χ3v) is 3.97. The molecule has 0 aromatic heterocycles. The summed E-state index contributed by atoms with van der Waals surface area (Å²) in [7, 11) is 1.58. The highest BCUT2D eigenvalue weighted by Gasteiger charge is 2.19. The van der Waals surface area contributed by atoms with Crippen molar-refractivity contribution in [1.82, 2.24) is 0 Å². The second-order valence-electron chi connectivity index (χ2n) is 5.49. The molecule has 1 saturated carbocycles. The number of nitrogens with two attached hydrogens (primary N) is 1. The van der Waals surface area contributed by atoms with Crippen molar-refractivity contribution in [2.75, 3.05) is 18.2 Å². The minimum absolute atomic E-state index is 0.122. The molecule has 0 radical (unpaired) electrons. The van der Waals surface area contributed by atoms with E-state index in [1.807, 2.05) is 6.07 Å². The number of nitrogens with one attached hydrogen (secondary N) is 1. The molecule has 0 bridgehead atoms. The highest BCUT2D eigenvalue weighted by atomic mass is 16.5. The Bertz CT molecular complexity index is 452. The van der Waals surface area contributed by atoms with Crippen molar-refractivity contribution in [3.63, 3.8) is 0 Å². The fraction of sp³-hybridized carbons (Fsp3) is 0.562. The first-order valence-electron chi connectivity index (χ1n) is 7.45. The SMILES string of the molecule is COc1ccc(NC(=O)C2CCCCCCC2)cc1N. The van der Waals surface area contributed by atoms with E-state index >= 15 is 0 Å². The van der Waals surface area contributed by atoms with Crippen molar-refractivity contribution in [3.05, 3.63) is 18.2 Å². The van der Waals surface area contributed by atoms with Gasteiger partial charge in [0, 0.05) is 11.6 Å². The maximum atomic E-state index is 12.3. The summed E-state index contributed by atoms with van der Waals surface area (Å²) in [6.45, 7) is 0. The maximum absolute atomic E-state index is 12.3. The Morgan fingerprint density at radius 1 is 1.20 bits per heavy atom. The molecule has 0 atom stereocenters. The summed E-state index contributed by atoms with van der Waals surface area (Å²) in [5.41, 5.74) is 7.15.